The molecule has 5 nitrogen and oxygen atoms in total. The van der Waals surface area contributed by atoms with Crippen LogP contribution in [0.25, 0.3) is 0 Å². The van der Waals surface area contributed by atoms with Gasteiger partial charge in [-0.15, -0.1) is 0 Å². The summed E-state index contributed by atoms with van der Waals surface area (Å²) in [6.07, 6.45) is 2.24. The molecule has 0 unspecified atom stereocenters. The number of hydrogen-bond acceptors (Lipinski definition) is 4. The first-order valence-electron chi connectivity index (χ1n) is 9.12. The van der Waals surface area contributed by atoms with E-state index in [1.165, 1.54) is 0 Å². The Balaban J connectivity index is 2.66. The van der Waals surface area contributed by atoms with Crippen LogP contribution < -0.4 is 5.73 Å². The molecule has 1 aliphatic heterocycles. The highest BCUT2D eigenvalue weighted by atomic mass is 28.4. The molecule has 2 N–H and O–H groups in total. The van der Waals surface area contributed by atoms with Crippen LogP contribution in [-0.4, -0.2) is 50.1 Å². The fourth-order valence-electron chi connectivity index (χ4n) is 2.58. The Morgan fingerprint density at radius 1 is 1.21 bits per heavy atom. The lowest BCUT2D eigenvalue weighted by atomic mass is 9.96. The summed E-state index contributed by atoms with van der Waals surface area (Å²) in [4.78, 5) is 14.3. The highest BCUT2D eigenvalue weighted by molar-refractivity contribution is 6.74. The third kappa shape index (κ3) is 6.37. The maximum Gasteiger partial charge on any atom is 0.410 e. The van der Waals surface area contributed by atoms with Crippen LogP contribution in [0, 0.1) is 0 Å². The number of carbonyl (C=O) groups is 1. The molecule has 2 atom stereocenters. The molecule has 0 bridgehead atoms. The van der Waals surface area contributed by atoms with Gasteiger partial charge in [0, 0.05) is 25.2 Å². The number of ether oxygens (including phenoxy) is 1. The summed E-state index contributed by atoms with van der Waals surface area (Å²) in [6, 6.07) is 0.259. The normalized spacial score (nSPS) is 23.3. The third-order valence-corrected chi connectivity index (χ3v) is 9.64. The first-order chi connectivity index (χ1) is 10.7. The van der Waals surface area contributed by atoms with Gasteiger partial charge in [0.25, 0.3) is 0 Å². The van der Waals surface area contributed by atoms with Crippen LogP contribution in [0.3, 0.4) is 0 Å². The van der Waals surface area contributed by atoms with Gasteiger partial charge in [0.15, 0.2) is 8.32 Å². The van der Waals surface area contributed by atoms with E-state index < -0.39 is 13.9 Å². The van der Waals surface area contributed by atoms with E-state index in [1.54, 1.807) is 0 Å². The van der Waals surface area contributed by atoms with Gasteiger partial charge in [0.05, 0.1) is 0 Å². The second-order valence-corrected chi connectivity index (χ2v) is 14.3. The predicted octanol–water partition coefficient (Wildman–Crippen LogP) is 4.13. The summed E-state index contributed by atoms with van der Waals surface area (Å²) >= 11 is 0. The van der Waals surface area contributed by atoms with Crippen molar-refractivity contribution in [3.8, 4) is 0 Å². The molecular weight excluding hydrogens is 320 g/mol. The van der Waals surface area contributed by atoms with Gasteiger partial charge in [0.2, 0.25) is 0 Å². The maximum atomic E-state index is 12.5. The topological polar surface area (TPSA) is 64.8 Å². The van der Waals surface area contributed by atoms with Crippen LogP contribution in [0.5, 0.6) is 0 Å². The van der Waals surface area contributed by atoms with Crippen LogP contribution >= 0.6 is 0 Å². The van der Waals surface area contributed by atoms with Crippen LogP contribution in [0.1, 0.15) is 60.8 Å². The standard InChI is InChI=1S/C18H38N2O3Si/c1-17(2,3)23-16(21)20-11-9-14(19)13-15(20)10-12-22-24(7,8)18(4,5)6/h14-15H,9-13,19H2,1-8H3/t14-,15+/m0/s1. The van der Waals surface area contributed by atoms with Gasteiger partial charge >= 0.3 is 6.09 Å². The lowest BCUT2D eigenvalue weighted by Gasteiger charge is -2.40. The first-order valence-corrected chi connectivity index (χ1v) is 12.0. The number of nitrogens with two attached hydrogens (primary N) is 1. The molecule has 24 heavy (non-hydrogen) atoms. The molecule has 0 aromatic heterocycles. The van der Waals surface area contributed by atoms with Crippen molar-refractivity contribution in [3.05, 3.63) is 0 Å². The number of amides is 1. The number of piperidine rings is 1. The molecule has 1 heterocycles. The van der Waals surface area contributed by atoms with Crippen molar-refractivity contribution in [1.29, 1.82) is 0 Å². The van der Waals surface area contributed by atoms with Gasteiger partial charge in [-0.3, -0.25) is 0 Å². The summed E-state index contributed by atoms with van der Waals surface area (Å²) in [5, 5.41) is 0.195. The molecule has 1 aliphatic rings. The van der Waals surface area contributed by atoms with Gasteiger partial charge < -0.3 is 19.8 Å². The summed E-state index contributed by atoms with van der Waals surface area (Å²) in [5.74, 6) is 0. The van der Waals surface area contributed by atoms with Gasteiger partial charge in [-0.05, 0) is 58.2 Å². The average molecular weight is 359 g/mol. The second kappa shape index (κ2) is 7.75. The van der Waals surface area contributed by atoms with E-state index in [9.17, 15) is 4.79 Å². The van der Waals surface area contributed by atoms with Crippen LogP contribution in [0.4, 0.5) is 4.79 Å². The molecule has 0 radical (unpaired) electrons. The lowest BCUT2D eigenvalue weighted by molar-refractivity contribution is 0.00561. The van der Waals surface area contributed by atoms with Crippen molar-refractivity contribution < 1.29 is 14.0 Å². The van der Waals surface area contributed by atoms with E-state index in [1.807, 2.05) is 25.7 Å². The Labute approximate surface area is 149 Å². The fraction of sp³-hybridized carbons (Fsp3) is 0.944. The van der Waals surface area contributed by atoms with E-state index in [4.69, 9.17) is 14.9 Å². The molecule has 1 rings (SSSR count). The number of likely N-dealkylation sites (tertiary alicyclic amines) is 1. The van der Waals surface area contributed by atoms with Crippen molar-refractivity contribution in [2.45, 2.75) is 96.6 Å². The quantitative estimate of drug-likeness (QED) is 0.768. The average Bonchev–Trinajstić information content (AvgIpc) is 2.34. The highest BCUT2D eigenvalue weighted by Crippen LogP contribution is 2.36. The molecule has 1 amide bonds. The minimum absolute atomic E-state index is 0.105. The molecular formula is C18H38N2O3Si. The lowest BCUT2D eigenvalue weighted by Crippen LogP contribution is -2.51. The molecule has 0 aromatic carbocycles. The summed E-state index contributed by atoms with van der Waals surface area (Å²) in [5.41, 5.74) is 5.66. The predicted molar refractivity (Wildman–Crippen MR) is 102 cm³/mol. The van der Waals surface area contributed by atoms with Crippen molar-refractivity contribution in [2.24, 2.45) is 5.73 Å². The largest absolute Gasteiger partial charge is 0.444 e. The molecule has 1 fully saturated rings. The SMILES string of the molecule is CC(C)(C)OC(=O)N1CC[C@H](N)C[C@H]1CCO[Si](C)(C)C(C)(C)C. The first kappa shape index (κ1) is 21.4. The van der Waals surface area contributed by atoms with Crippen molar-refractivity contribution in [2.75, 3.05) is 13.2 Å². The minimum Gasteiger partial charge on any atom is -0.444 e. The summed E-state index contributed by atoms with van der Waals surface area (Å²) in [7, 11) is -1.76. The summed E-state index contributed by atoms with van der Waals surface area (Å²) < 4.78 is 11.8. The Kier molecular flexibility index (Phi) is 6.92. The molecule has 0 aliphatic carbocycles. The van der Waals surface area contributed by atoms with E-state index in [-0.39, 0.29) is 23.2 Å². The zero-order valence-electron chi connectivity index (χ0n) is 16.9. The van der Waals surface area contributed by atoms with E-state index in [0.29, 0.717) is 13.2 Å². The number of nitrogens with zero attached hydrogens (tertiary/aromatic N) is 1. The highest BCUT2D eigenvalue weighted by Gasteiger charge is 2.38. The molecule has 6 heteroatoms. The van der Waals surface area contributed by atoms with Crippen LogP contribution in [-0.2, 0) is 9.16 Å². The van der Waals surface area contributed by atoms with E-state index >= 15 is 0 Å². The second-order valence-electron chi connectivity index (χ2n) is 9.51. The molecule has 142 valence electrons. The van der Waals surface area contributed by atoms with Crippen molar-refractivity contribution in [3.63, 3.8) is 0 Å². The van der Waals surface area contributed by atoms with E-state index in [0.717, 1.165) is 19.3 Å². The monoisotopic (exact) mass is 358 g/mol. The molecule has 0 aromatic rings. The Hall–Kier alpha value is -0.593. The minimum atomic E-state index is -1.76. The number of hydrogen-bond donors (Lipinski definition) is 1. The molecule has 0 saturated carbocycles. The van der Waals surface area contributed by atoms with Gasteiger partial charge in [-0.25, -0.2) is 4.79 Å². The fourth-order valence-corrected chi connectivity index (χ4v) is 3.64. The Bertz CT molecular complexity index is 427. The molecule has 0 spiro atoms. The van der Waals surface area contributed by atoms with Crippen molar-refractivity contribution >= 4 is 14.4 Å². The van der Waals surface area contributed by atoms with Gasteiger partial charge in [-0.2, -0.15) is 0 Å². The van der Waals surface area contributed by atoms with Crippen LogP contribution in [0.15, 0.2) is 0 Å². The summed E-state index contributed by atoms with van der Waals surface area (Å²) in [6.45, 7) is 18.3. The Morgan fingerprint density at radius 3 is 2.29 bits per heavy atom. The van der Waals surface area contributed by atoms with Crippen molar-refractivity contribution in [1.82, 2.24) is 4.90 Å². The Morgan fingerprint density at radius 2 is 1.79 bits per heavy atom. The number of carbonyl (C=O) groups excluding carboxylic acids is 1. The van der Waals surface area contributed by atoms with Gasteiger partial charge in [0.1, 0.15) is 5.60 Å². The van der Waals surface area contributed by atoms with Crippen LogP contribution in [0.2, 0.25) is 18.1 Å². The maximum absolute atomic E-state index is 12.5. The zero-order valence-corrected chi connectivity index (χ0v) is 17.9. The third-order valence-electron chi connectivity index (χ3n) is 5.10. The molecule has 1 saturated heterocycles. The smallest absolute Gasteiger partial charge is 0.410 e. The zero-order chi connectivity index (χ0) is 18.8. The van der Waals surface area contributed by atoms with E-state index in [2.05, 4.69) is 33.9 Å². The number of rotatable bonds is 4. The van der Waals surface area contributed by atoms with Gasteiger partial charge in [-0.1, -0.05) is 20.8 Å².